The SMILES string of the molecule is O=C1c2ccccc2-c2ccccc2CC1Cl. The fourth-order valence-electron chi connectivity index (χ4n) is 2.35. The molecule has 84 valence electrons. The number of Topliss-reactive ketones (excluding diaryl/α,β-unsaturated/α-hetero) is 1. The Morgan fingerprint density at radius 1 is 0.882 bits per heavy atom. The molecular weight excluding hydrogens is 232 g/mol. The minimum atomic E-state index is -0.459. The zero-order valence-corrected chi connectivity index (χ0v) is 9.95. The molecule has 17 heavy (non-hydrogen) atoms. The Bertz CT molecular complexity index is 589. The second kappa shape index (κ2) is 4.01. The van der Waals surface area contributed by atoms with E-state index in [1.165, 1.54) is 0 Å². The zero-order chi connectivity index (χ0) is 11.8. The molecular formula is C15H11ClO. The van der Waals surface area contributed by atoms with Gasteiger partial charge in [0.2, 0.25) is 0 Å². The van der Waals surface area contributed by atoms with Crippen molar-refractivity contribution in [2.24, 2.45) is 0 Å². The highest BCUT2D eigenvalue weighted by Crippen LogP contribution is 2.33. The maximum Gasteiger partial charge on any atom is 0.181 e. The van der Waals surface area contributed by atoms with Gasteiger partial charge in [-0.2, -0.15) is 0 Å². The van der Waals surface area contributed by atoms with Crippen LogP contribution in [0.25, 0.3) is 11.1 Å². The van der Waals surface area contributed by atoms with Gasteiger partial charge in [0.05, 0.1) is 0 Å². The summed E-state index contributed by atoms with van der Waals surface area (Å²) in [7, 11) is 0. The Morgan fingerprint density at radius 3 is 2.24 bits per heavy atom. The van der Waals surface area contributed by atoms with Gasteiger partial charge in [0.25, 0.3) is 0 Å². The predicted octanol–water partition coefficient (Wildman–Crippen LogP) is 3.70. The molecule has 2 aromatic rings. The molecule has 0 saturated carbocycles. The number of carbonyl (C=O) groups is 1. The van der Waals surface area contributed by atoms with Gasteiger partial charge in [0.15, 0.2) is 5.78 Å². The van der Waals surface area contributed by atoms with Crippen LogP contribution in [0.4, 0.5) is 0 Å². The maximum absolute atomic E-state index is 12.2. The number of rotatable bonds is 0. The topological polar surface area (TPSA) is 17.1 Å². The first-order chi connectivity index (χ1) is 8.27. The van der Waals surface area contributed by atoms with E-state index in [4.69, 9.17) is 11.6 Å². The fourth-order valence-corrected chi connectivity index (χ4v) is 2.63. The van der Waals surface area contributed by atoms with Crippen LogP contribution in [0.5, 0.6) is 0 Å². The predicted molar refractivity (Wildman–Crippen MR) is 69.6 cm³/mol. The van der Waals surface area contributed by atoms with Crippen molar-refractivity contribution < 1.29 is 4.79 Å². The molecule has 1 atom stereocenters. The smallest absolute Gasteiger partial charge is 0.181 e. The minimum absolute atomic E-state index is 0.0264. The highest BCUT2D eigenvalue weighted by atomic mass is 35.5. The van der Waals surface area contributed by atoms with E-state index in [2.05, 4.69) is 6.07 Å². The van der Waals surface area contributed by atoms with Crippen molar-refractivity contribution in [1.29, 1.82) is 0 Å². The summed E-state index contributed by atoms with van der Waals surface area (Å²) in [4.78, 5) is 12.2. The standard InChI is InChI=1S/C15H11ClO/c16-14-9-10-5-1-2-6-11(10)12-7-3-4-8-13(12)15(14)17/h1-8,14H,9H2. The van der Waals surface area contributed by atoms with Crippen molar-refractivity contribution >= 4 is 17.4 Å². The third kappa shape index (κ3) is 1.67. The number of benzene rings is 2. The summed E-state index contributed by atoms with van der Waals surface area (Å²) >= 11 is 6.18. The van der Waals surface area contributed by atoms with Crippen molar-refractivity contribution in [3.8, 4) is 11.1 Å². The highest BCUT2D eigenvalue weighted by molar-refractivity contribution is 6.35. The molecule has 1 aliphatic carbocycles. The monoisotopic (exact) mass is 242 g/mol. The Morgan fingerprint density at radius 2 is 1.47 bits per heavy atom. The first kappa shape index (κ1) is 10.5. The first-order valence-electron chi connectivity index (χ1n) is 5.63. The average Bonchev–Trinajstić information content (AvgIpc) is 2.48. The molecule has 0 spiro atoms. The molecule has 0 fully saturated rings. The van der Waals surface area contributed by atoms with Crippen molar-refractivity contribution in [2.45, 2.75) is 11.8 Å². The van der Waals surface area contributed by atoms with Gasteiger partial charge in [-0.25, -0.2) is 0 Å². The van der Waals surface area contributed by atoms with Crippen LogP contribution in [-0.4, -0.2) is 11.2 Å². The highest BCUT2D eigenvalue weighted by Gasteiger charge is 2.26. The second-order valence-electron chi connectivity index (χ2n) is 4.24. The molecule has 1 aliphatic rings. The number of hydrogen-bond acceptors (Lipinski definition) is 1. The van der Waals surface area contributed by atoms with Gasteiger partial charge in [-0.15, -0.1) is 11.6 Å². The Hall–Kier alpha value is -1.60. The van der Waals surface area contributed by atoms with Crippen LogP contribution in [0.15, 0.2) is 48.5 Å². The summed E-state index contributed by atoms with van der Waals surface area (Å²) in [6.07, 6.45) is 0.602. The summed E-state index contributed by atoms with van der Waals surface area (Å²) in [5.74, 6) is 0.0264. The molecule has 0 heterocycles. The summed E-state index contributed by atoms with van der Waals surface area (Å²) in [6, 6.07) is 15.8. The molecule has 2 aromatic carbocycles. The summed E-state index contributed by atoms with van der Waals surface area (Å²) in [5.41, 5.74) is 4.00. The van der Waals surface area contributed by atoms with E-state index in [1.807, 2.05) is 42.5 Å². The fraction of sp³-hybridized carbons (Fsp3) is 0.133. The van der Waals surface area contributed by atoms with Crippen LogP contribution >= 0.6 is 11.6 Å². The van der Waals surface area contributed by atoms with Crippen molar-refractivity contribution in [1.82, 2.24) is 0 Å². The largest absolute Gasteiger partial charge is 0.292 e. The van der Waals surface area contributed by atoms with Crippen LogP contribution in [0.2, 0.25) is 0 Å². The van der Waals surface area contributed by atoms with Gasteiger partial charge >= 0.3 is 0 Å². The van der Waals surface area contributed by atoms with Gasteiger partial charge < -0.3 is 0 Å². The zero-order valence-electron chi connectivity index (χ0n) is 9.19. The summed E-state index contributed by atoms with van der Waals surface area (Å²) in [6.45, 7) is 0. The lowest BCUT2D eigenvalue weighted by molar-refractivity contribution is 0.0988. The lowest BCUT2D eigenvalue weighted by atomic mass is 9.97. The van der Waals surface area contributed by atoms with Crippen LogP contribution in [-0.2, 0) is 6.42 Å². The average molecular weight is 243 g/mol. The minimum Gasteiger partial charge on any atom is -0.292 e. The van der Waals surface area contributed by atoms with Crippen molar-refractivity contribution in [2.75, 3.05) is 0 Å². The van der Waals surface area contributed by atoms with Gasteiger partial charge in [0.1, 0.15) is 5.38 Å². The van der Waals surface area contributed by atoms with E-state index in [-0.39, 0.29) is 5.78 Å². The summed E-state index contributed by atoms with van der Waals surface area (Å²) in [5, 5.41) is -0.459. The molecule has 1 nitrogen and oxygen atoms in total. The van der Waals surface area contributed by atoms with E-state index in [9.17, 15) is 4.79 Å². The summed E-state index contributed by atoms with van der Waals surface area (Å²) < 4.78 is 0. The number of alkyl halides is 1. The molecule has 2 heteroatoms. The third-order valence-corrected chi connectivity index (χ3v) is 3.54. The number of hydrogen-bond donors (Lipinski definition) is 0. The molecule has 3 rings (SSSR count). The molecule has 0 N–H and O–H groups in total. The molecule has 0 aliphatic heterocycles. The molecule has 0 radical (unpaired) electrons. The molecule has 0 bridgehead atoms. The lowest BCUT2D eigenvalue weighted by Gasteiger charge is -2.07. The third-order valence-electron chi connectivity index (χ3n) is 3.18. The van der Waals surface area contributed by atoms with E-state index in [0.29, 0.717) is 6.42 Å². The van der Waals surface area contributed by atoms with Crippen molar-refractivity contribution in [3.63, 3.8) is 0 Å². The van der Waals surface area contributed by atoms with E-state index >= 15 is 0 Å². The van der Waals surface area contributed by atoms with Crippen molar-refractivity contribution in [3.05, 3.63) is 59.7 Å². The van der Waals surface area contributed by atoms with Gasteiger partial charge in [-0.1, -0.05) is 48.5 Å². The van der Waals surface area contributed by atoms with E-state index in [0.717, 1.165) is 22.3 Å². The van der Waals surface area contributed by atoms with Gasteiger partial charge in [-0.3, -0.25) is 4.79 Å². The first-order valence-corrected chi connectivity index (χ1v) is 6.06. The van der Waals surface area contributed by atoms with Gasteiger partial charge in [0, 0.05) is 5.56 Å². The molecule has 0 saturated heterocycles. The normalized spacial score (nSPS) is 18.2. The Kier molecular flexibility index (Phi) is 2.49. The van der Waals surface area contributed by atoms with Crippen LogP contribution in [0.1, 0.15) is 15.9 Å². The van der Waals surface area contributed by atoms with Crippen LogP contribution < -0.4 is 0 Å². The lowest BCUT2D eigenvalue weighted by Crippen LogP contribution is -2.15. The number of fused-ring (bicyclic) bond motifs is 3. The van der Waals surface area contributed by atoms with E-state index < -0.39 is 5.38 Å². The molecule has 1 unspecified atom stereocenters. The van der Waals surface area contributed by atoms with Crippen LogP contribution in [0, 0.1) is 0 Å². The Labute approximate surface area is 105 Å². The number of halogens is 1. The van der Waals surface area contributed by atoms with Gasteiger partial charge in [-0.05, 0) is 23.1 Å². The number of carbonyl (C=O) groups excluding carboxylic acids is 1. The number of ketones is 1. The quantitative estimate of drug-likeness (QED) is 0.644. The molecule has 0 amide bonds. The second-order valence-corrected chi connectivity index (χ2v) is 4.77. The maximum atomic E-state index is 12.2. The Balaban J connectivity index is 2.33. The van der Waals surface area contributed by atoms with Crippen LogP contribution in [0.3, 0.4) is 0 Å². The molecule has 0 aromatic heterocycles. The van der Waals surface area contributed by atoms with E-state index in [1.54, 1.807) is 0 Å².